The van der Waals surface area contributed by atoms with E-state index >= 15 is 0 Å². The summed E-state index contributed by atoms with van der Waals surface area (Å²) in [6.45, 7) is 0. The van der Waals surface area contributed by atoms with Gasteiger partial charge in [0.05, 0.1) is 0 Å². The van der Waals surface area contributed by atoms with Crippen LogP contribution in [0.4, 0.5) is 20.2 Å². The minimum absolute atomic E-state index is 0.0886. The average Bonchev–Trinajstić information content (AvgIpc) is 2.81. The lowest BCUT2D eigenvalue weighted by Crippen LogP contribution is -2.13. The maximum absolute atomic E-state index is 13.1. The van der Waals surface area contributed by atoms with Gasteiger partial charge in [-0.2, -0.15) is 0 Å². The van der Waals surface area contributed by atoms with Crippen molar-refractivity contribution in [2.75, 3.05) is 11.1 Å². The van der Waals surface area contributed by atoms with Crippen LogP contribution < -0.4 is 11.1 Å². The Morgan fingerprint density at radius 1 is 1.24 bits per heavy atom. The lowest BCUT2D eigenvalue weighted by Gasteiger charge is -2.04. The predicted octanol–water partition coefficient (Wildman–Crippen LogP) is 2.94. The van der Waals surface area contributed by atoms with Crippen molar-refractivity contribution < 1.29 is 18.0 Å². The third kappa shape index (κ3) is 2.29. The molecule has 0 fully saturated rings. The van der Waals surface area contributed by atoms with E-state index in [1.807, 2.05) is 0 Å². The van der Waals surface area contributed by atoms with E-state index in [-0.39, 0.29) is 17.1 Å². The topological polar surface area (TPSA) is 81.2 Å². The van der Waals surface area contributed by atoms with Crippen LogP contribution in [0.2, 0.25) is 0 Å². The van der Waals surface area contributed by atoms with Crippen LogP contribution in [0.25, 0.3) is 11.1 Å². The molecule has 7 heteroatoms. The molecule has 0 unspecified atom stereocenters. The van der Waals surface area contributed by atoms with Gasteiger partial charge >= 0.3 is 0 Å². The smallest absolute Gasteiger partial charge is 0.293 e. The van der Waals surface area contributed by atoms with E-state index in [4.69, 9.17) is 10.2 Å². The predicted molar refractivity (Wildman–Crippen MR) is 72.7 cm³/mol. The zero-order valence-electron chi connectivity index (χ0n) is 10.6. The highest BCUT2D eigenvalue weighted by atomic mass is 19.2. The van der Waals surface area contributed by atoms with Gasteiger partial charge in [-0.25, -0.2) is 8.78 Å². The zero-order chi connectivity index (χ0) is 15.0. The molecule has 1 amide bonds. The fourth-order valence-corrected chi connectivity index (χ4v) is 1.88. The average molecular weight is 289 g/mol. The van der Waals surface area contributed by atoms with Crippen LogP contribution >= 0.6 is 0 Å². The van der Waals surface area contributed by atoms with E-state index in [2.05, 4.69) is 10.3 Å². The maximum atomic E-state index is 13.1. The van der Waals surface area contributed by atoms with Gasteiger partial charge in [-0.3, -0.25) is 9.78 Å². The van der Waals surface area contributed by atoms with Crippen molar-refractivity contribution >= 4 is 28.4 Å². The fourth-order valence-electron chi connectivity index (χ4n) is 1.88. The Morgan fingerprint density at radius 2 is 2.05 bits per heavy atom. The Balaban J connectivity index is 1.93. The number of benzene rings is 1. The molecule has 3 rings (SSSR count). The number of aromatic nitrogens is 1. The van der Waals surface area contributed by atoms with Gasteiger partial charge in [0.2, 0.25) is 5.76 Å². The van der Waals surface area contributed by atoms with Crippen LogP contribution in [0.3, 0.4) is 0 Å². The van der Waals surface area contributed by atoms with Crippen LogP contribution in [-0.2, 0) is 0 Å². The molecule has 0 aliphatic heterocycles. The molecule has 2 aromatic heterocycles. The molecule has 0 aliphatic rings. The first-order valence-electron chi connectivity index (χ1n) is 5.95. The van der Waals surface area contributed by atoms with Crippen LogP contribution in [-0.4, -0.2) is 10.9 Å². The fraction of sp³-hybridized carbons (Fsp3) is 0. The summed E-state index contributed by atoms with van der Waals surface area (Å²) < 4.78 is 31.2. The van der Waals surface area contributed by atoms with Gasteiger partial charge in [0.25, 0.3) is 5.91 Å². The molecule has 0 bridgehead atoms. The molecular formula is C14H9F2N3O2. The first-order chi connectivity index (χ1) is 10.1. The molecule has 0 radical (unpaired) electrons. The second kappa shape index (κ2) is 4.86. The number of amides is 1. The van der Waals surface area contributed by atoms with Gasteiger partial charge in [-0.1, -0.05) is 0 Å². The molecule has 0 saturated carbocycles. The number of nitrogens with zero attached hydrogens (tertiary/aromatic N) is 1. The lowest BCUT2D eigenvalue weighted by atomic mass is 10.2. The number of nitrogen functional groups attached to an aromatic ring is 1. The summed E-state index contributed by atoms with van der Waals surface area (Å²) in [5.74, 6) is -2.86. The number of halogens is 2. The summed E-state index contributed by atoms with van der Waals surface area (Å²) in [5.41, 5.74) is 6.71. The van der Waals surface area contributed by atoms with Crippen LogP contribution in [0.1, 0.15) is 10.6 Å². The van der Waals surface area contributed by atoms with E-state index in [0.717, 1.165) is 12.1 Å². The number of carbonyl (C=O) groups is 1. The first-order valence-corrected chi connectivity index (χ1v) is 5.95. The molecule has 106 valence electrons. The summed E-state index contributed by atoms with van der Waals surface area (Å²) in [4.78, 5) is 16.1. The normalized spacial score (nSPS) is 10.8. The number of rotatable bonds is 2. The highest BCUT2D eigenvalue weighted by Crippen LogP contribution is 2.27. The SMILES string of the molecule is Nc1c(C(=O)Nc2ccc(F)c(F)c2)oc2cccnc12. The van der Waals surface area contributed by atoms with E-state index in [1.165, 1.54) is 12.3 Å². The molecule has 3 N–H and O–H groups in total. The number of fused-ring (bicyclic) bond motifs is 1. The van der Waals surface area contributed by atoms with Crippen molar-refractivity contribution in [2.45, 2.75) is 0 Å². The Morgan fingerprint density at radius 3 is 2.76 bits per heavy atom. The number of hydrogen-bond donors (Lipinski definition) is 2. The highest BCUT2D eigenvalue weighted by molar-refractivity contribution is 6.10. The molecule has 1 aromatic carbocycles. The number of nitrogens with two attached hydrogens (primary N) is 1. The number of nitrogens with one attached hydrogen (secondary N) is 1. The molecular weight excluding hydrogens is 280 g/mol. The Kier molecular flexibility index (Phi) is 3.02. The zero-order valence-corrected chi connectivity index (χ0v) is 10.6. The third-order valence-corrected chi connectivity index (χ3v) is 2.87. The van der Waals surface area contributed by atoms with Crippen molar-refractivity contribution in [1.82, 2.24) is 4.98 Å². The van der Waals surface area contributed by atoms with Gasteiger partial charge in [0.1, 0.15) is 11.2 Å². The number of hydrogen-bond acceptors (Lipinski definition) is 4. The monoisotopic (exact) mass is 289 g/mol. The van der Waals surface area contributed by atoms with Crippen LogP contribution in [0.15, 0.2) is 40.9 Å². The Bertz CT molecular complexity index is 845. The van der Waals surface area contributed by atoms with Crippen LogP contribution in [0.5, 0.6) is 0 Å². The van der Waals surface area contributed by atoms with Crippen molar-refractivity contribution in [3.05, 3.63) is 53.9 Å². The van der Waals surface area contributed by atoms with Gasteiger partial charge < -0.3 is 15.5 Å². The first kappa shape index (κ1) is 13.0. The Hall–Kier alpha value is -2.96. The quantitative estimate of drug-likeness (QED) is 0.760. The van der Waals surface area contributed by atoms with Gasteiger partial charge in [0, 0.05) is 18.0 Å². The van der Waals surface area contributed by atoms with E-state index < -0.39 is 17.5 Å². The lowest BCUT2D eigenvalue weighted by molar-refractivity contribution is 0.1000. The second-order valence-corrected chi connectivity index (χ2v) is 4.28. The highest BCUT2D eigenvalue weighted by Gasteiger charge is 2.19. The Labute approximate surface area is 117 Å². The molecule has 0 spiro atoms. The number of pyridine rings is 1. The minimum Gasteiger partial charge on any atom is -0.447 e. The summed E-state index contributed by atoms with van der Waals surface area (Å²) in [6, 6.07) is 6.27. The van der Waals surface area contributed by atoms with E-state index in [9.17, 15) is 13.6 Å². The van der Waals surface area contributed by atoms with E-state index in [0.29, 0.717) is 11.1 Å². The maximum Gasteiger partial charge on any atom is 0.293 e. The summed E-state index contributed by atoms with van der Waals surface area (Å²) in [6.07, 6.45) is 1.52. The van der Waals surface area contributed by atoms with Gasteiger partial charge in [-0.05, 0) is 24.3 Å². The molecule has 5 nitrogen and oxygen atoms in total. The van der Waals surface area contributed by atoms with Crippen molar-refractivity contribution in [1.29, 1.82) is 0 Å². The molecule has 0 atom stereocenters. The summed E-state index contributed by atoms with van der Waals surface area (Å²) >= 11 is 0. The number of furan rings is 1. The number of anilines is 2. The summed E-state index contributed by atoms with van der Waals surface area (Å²) in [7, 11) is 0. The third-order valence-electron chi connectivity index (χ3n) is 2.87. The molecule has 0 aliphatic carbocycles. The molecule has 3 aromatic rings. The van der Waals surface area contributed by atoms with Gasteiger partial charge in [0.15, 0.2) is 17.2 Å². The standard InChI is InChI=1S/C14H9F2N3O2/c15-8-4-3-7(6-9(8)16)19-14(20)13-11(17)12-10(21-13)2-1-5-18-12/h1-6H,17H2,(H,19,20). The summed E-state index contributed by atoms with van der Waals surface area (Å²) in [5, 5.41) is 2.38. The minimum atomic E-state index is -1.06. The van der Waals surface area contributed by atoms with Crippen LogP contribution in [0, 0.1) is 11.6 Å². The van der Waals surface area contributed by atoms with Crippen molar-refractivity contribution in [2.24, 2.45) is 0 Å². The largest absolute Gasteiger partial charge is 0.447 e. The molecule has 21 heavy (non-hydrogen) atoms. The van der Waals surface area contributed by atoms with E-state index in [1.54, 1.807) is 12.1 Å². The van der Waals surface area contributed by atoms with Crippen molar-refractivity contribution in [3.63, 3.8) is 0 Å². The second-order valence-electron chi connectivity index (χ2n) is 4.28. The van der Waals surface area contributed by atoms with Crippen molar-refractivity contribution in [3.8, 4) is 0 Å². The molecule has 2 heterocycles. The number of carbonyl (C=O) groups excluding carboxylic acids is 1. The molecule has 0 saturated heterocycles. The van der Waals surface area contributed by atoms with Gasteiger partial charge in [-0.15, -0.1) is 0 Å².